The van der Waals surface area contributed by atoms with Crippen LogP contribution in [0.1, 0.15) is 32.6 Å². The summed E-state index contributed by atoms with van der Waals surface area (Å²) in [5.74, 6) is 0.501. The van der Waals surface area contributed by atoms with E-state index >= 15 is 0 Å². The molecule has 4 heteroatoms. The minimum atomic E-state index is 0.501. The van der Waals surface area contributed by atoms with Gasteiger partial charge in [0, 0.05) is 20.6 Å². The second-order valence-corrected chi connectivity index (χ2v) is 3.33. The Morgan fingerprint density at radius 2 is 2.00 bits per heavy atom. The molecule has 0 aliphatic heterocycles. The quantitative estimate of drug-likeness (QED) is 0.281. The first-order valence-electron chi connectivity index (χ1n) is 4.90. The summed E-state index contributed by atoms with van der Waals surface area (Å²) < 4.78 is 0. The molecule has 0 saturated carbocycles. The average Bonchev–Trinajstić information content (AvgIpc) is 2.02. The molecule has 4 nitrogen and oxygen atoms in total. The van der Waals surface area contributed by atoms with Gasteiger partial charge in [-0.2, -0.15) is 0 Å². The first kappa shape index (κ1) is 12.2. The Morgan fingerprint density at radius 1 is 1.31 bits per heavy atom. The highest BCUT2D eigenvalue weighted by molar-refractivity contribution is 5.77. The lowest BCUT2D eigenvalue weighted by atomic mass is 10.2. The zero-order valence-electron chi connectivity index (χ0n) is 9.01. The lowest BCUT2D eigenvalue weighted by Gasteiger charge is -2.11. The second-order valence-electron chi connectivity index (χ2n) is 3.33. The molecule has 0 aromatic heterocycles. The van der Waals surface area contributed by atoms with E-state index < -0.39 is 0 Å². The fraction of sp³-hybridized carbons (Fsp3) is 0.889. The van der Waals surface area contributed by atoms with Crippen LogP contribution in [0.3, 0.4) is 0 Å². The minimum absolute atomic E-state index is 0.501. The fourth-order valence-electron chi connectivity index (χ4n) is 1.00. The van der Waals surface area contributed by atoms with Gasteiger partial charge in [0.2, 0.25) is 5.96 Å². The lowest BCUT2D eigenvalue weighted by Crippen LogP contribution is -2.41. The topological polar surface area (TPSA) is 53.6 Å². The molecule has 13 heavy (non-hydrogen) atoms. The number of hydrogen-bond acceptors (Lipinski definition) is 2. The van der Waals surface area contributed by atoms with Crippen LogP contribution in [0.15, 0.2) is 4.99 Å². The number of nitrogens with one attached hydrogen (secondary N) is 1. The third kappa shape index (κ3) is 9.14. The molecule has 0 bridgehead atoms. The van der Waals surface area contributed by atoms with Crippen LogP contribution < -0.4 is 11.2 Å². The van der Waals surface area contributed by atoms with Crippen molar-refractivity contribution in [3.8, 4) is 0 Å². The van der Waals surface area contributed by atoms with Gasteiger partial charge >= 0.3 is 0 Å². The van der Waals surface area contributed by atoms with E-state index in [1.54, 1.807) is 5.01 Å². The van der Waals surface area contributed by atoms with Crippen molar-refractivity contribution in [3.05, 3.63) is 0 Å². The minimum Gasteiger partial charge on any atom is -0.369 e. The number of nitrogens with two attached hydrogens (primary N) is 1. The summed E-state index contributed by atoms with van der Waals surface area (Å²) >= 11 is 0. The molecule has 78 valence electrons. The zero-order chi connectivity index (χ0) is 10.1. The van der Waals surface area contributed by atoms with Crippen LogP contribution in [0.25, 0.3) is 0 Å². The molecular formula is C9H22N4. The van der Waals surface area contributed by atoms with Crippen molar-refractivity contribution < 1.29 is 0 Å². The standard InChI is InChI=1S/C9H22N4/c1-4-5-6-7-8-11-9(10)12-13(2)3/h4-8H2,1-3H3,(H3,10,11,12). The van der Waals surface area contributed by atoms with Crippen molar-refractivity contribution >= 4 is 5.96 Å². The maximum atomic E-state index is 5.59. The fourth-order valence-corrected chi connectivity index (χ4v) is 1.00. The Kier molecular flexibility index (Phi) is 7.39. The smallest absolute Gasteiger partial charge is 0.203 e. The summed E-state index contributed by atoms with van der Waals surface area (Å²) in [7, 11) is 3.78. The van der Waals surface area contributed by atoms with E-state index in [9.17, 15) is 0 Å². The molecular weight excluding hydrogens is 164 g/mol. The molecule has 0 atom stereocenters. The highest BCUT2D eigenvalue weighted by Crippen LogP contribution is 1.98. The highest BCUT2D eigenvalue weighted by atomic mass is 15.5. The van der Waals surface area contributed by atoms with Crippen molar-refractivity contribution in [1.82, 2.24) is 10.4 Å². The number of nitrogens with zero attached hydrogens (tertiary/aromatic N) is 2. The molecule has 3 N–H and O–H groups in total. The van der Waals surface area contributed by atoms with E-state index in [2.05, 4.69) is 17.3 Å². The van der Waals surface area contributed by atoms with Gasteiger partial charge in [0.1, 0.15) is 0 Å². The largest absolute Gasteiger partial charge is 0.369 e. The van der Waals surface area contributed by atoms with Gasteiger partial charge in [-0.05, 0) is 6.42 Å². The third-order valence-electron chi connectivity index (χ3n) is 1.63. The predicted octanol–water partition coefficient (Wildman–Crippen LogP) is 0.948. The number of aliphatic imine (C=N–C) groups is 1. The van der Waals surface area contributed by atoms with E-state index in [0.717, 1.165) is 13.0 Å². The summed E-state index contributed by atoms with van der Waals surface area (Å²) in [6.07, 6.45) is 4.92. The Hall–Kier alpha value is -0.770. The van der Waals surface area contributed by atoms with Crippen molar-refractivity contribution in [2.24, 2.45) is 10.7 Å². The van der Waals surface area contributed by atoms with E-state index in [1.807, 2.05) is 14.1 Å². The molecule has 0 fully saturated rings. The molecule has 0 amide bonds. The Morgan fingerprint density at radius 3 is 2.54 bits per heavy atom. The van der Waals surface area contributed by atoms with Gasteiger partial charge in [0.05, 0.1) is 0 Å². The Bertz CT molecular complexity index is 143. The van der Waals surface area contributed by atoms with E-state index in [0.29, 0.717) is 5.96 Å². The van der Waals surface area contributed by atoms with Gasteiger partial charge < -0.3 is 5.73 Å². The highest BCUT2D eigenvalue weighted by Gasteiger charge is 1.91. The molecule has 0 aliphatic carbocycles. The lowest BCUT2D eigenvalue weighted by molar-refractivity contribution is 0.360. The molecule has 0 unspecified atom stereocenters. The van der Waals surface area contributed by atoms with Crippen LogP contribution in [0.2, 0.25) is 0 Å². The van der Waals surface area contributed by atoms with Crippen molar-refractivity contribution in [2.75, 3.05) is 20.6 Å². The summed E-state index contributed by atoms with van der Waals surface area (Å²) in [5.41, 5.74) is 8.48. The molecule has 0 aromatic rings. The number of guanidine groups is 1. The van der Waals surface area contributed by atoms with Gasteiger partial charge in [-0.1, -0.05) is 26.2 Å². The monoisotopic (exact) mass is 186 g/mol. The molecule has 0 radical (unpaired) electrons. The molecule has 0 saturated heterocycles. The number of hydrogen-bond donors (Lipinski definition) is 2. The van der Waals surface area contributed by atoms with Crippen molar-refractivity contribution in [2.45, 2.75) is 32.6 Å². The van der Waals surface area contributed by atoms with Gasteiger partial charge in [-0.3, -0.25) is 10.4 Å². The first-order chi connectivity index (χ1) is 6.16. The van der Waals surface area contributed by atoms with Crippen molar-refractivity contribution in [3.63, 3.8) is 0 Å². The van der Waals surface area contributed by atoms with Crippen LogP contribution in [0, 0.1) is 0 Å². The predicted molar refractivity (Wildman–Crippen MR) is 57.5 cm³/mol. The van der Waals surface area contributed by atoms with E-state index in [4.69, 9.17) is 5.73 Å². The number of unbranched alkanes of at least 4 members (excludes halogenated alkanes) is 3. The van der Waals surface area contributed by atoms with Crippen molar-refractivity contribution in [1.29, 1.82) is 0 Å². The van der Waals surface area contributed by atoms with Crippen LogP contribution in [-0.4, -0.2) is 31.6 Å². The number of hydrazine groups is 1. The summed E-state index contributed by atoms with van der Waals surface area (Å²) in [5, 5.41) is 1.78. The maximum Gasteiger partial charge on any atom is 0.203 e. The average molecular weight is 186 g/mol. The van der Waals surface area contributed by atoms with Gasteiger partial charge in [-0.25, -0.2) is 5.01 Å². The van der Waals surface area contributed by atoms with Crippen LogP contribution in [0.5, 0.6) is 0 Å². The van der Waals surface area contributed by atoms with Gasteiger partial charge in [0.15, 0.2) is 0 Å². The Balaban J connectivity index is 3.36. The van der Waals surface area contributed by atoms with E-state index in [-0.39, 0.29) is 0 Å². The summed E-state index contributed by atoms with van der Waals surface area (Å²) in [4.78, 5) is 4.18. The normalized spacial score (nSPS) is 12.2. The SMILES string of the molecule is CCCCCCN=C(N)NN(C)C. The molecule has 0 aliphatic rings. The molecule has 0 rings (SSSR count). The molecule has 0 heterocycles. The Labute approximate surface area is 81.2 Å². The summed E-state index contributed by atoms with van der Waals surface area (Å²) in [6, 6.07) is 0. The van der Waals surface area contributed by atoms with Crippen LogP contribution in [-0.2, 0) is 0 Å². The van der Waals surface area contributed by atoms with Gasteiger partial charge in [-0.15, -0.1) is 0 Å². The third-order valence-corrected chi connectivity index (χ3v) is 1.63. The van der Waals surface area contributed by atoms with E-state index in [1.165, 1.54) is 19.3 Å². The second kappa shape index (κ2) is 7.86. The first-order valence-corrected chi connectivity index (χ1v) is 4.90. The zero-order valence-corrected chi connectivity index (χ0v) is 9.01. The molecule has 0 spiro atoms. The van der Waals surface area contributed by atoms with Crippen LogP contribution in [0.4, 0.5) is 0 Å². The summed E-state index contributed by atoms with van der Waals surface area (Å²) in [6.45, 7) is 3.03. The van der Waals surface area contributed by atoms with Crippen LogP contribution >= 0.6 is 0 Å². The molecule has 0 aromatic carbocycles. The maximum absolute atomic E-state index is 5.59. The number of rotatable bonds is 6. The van der Waals surface area contributed by atoms with Gasteiger partial charge in [0.25, 0.3) is 0 Å².